The number of halogens is 1. The highest BCUT2D eigenvalue weighted by atomic mass is 35.5. The number of phenolic OH excluding ortho intramolecular Hbond substituents is 1. The van der Waals surface area contributed by atoms with E-state index < -0.39 is 0 Å². The number of nitrogens with one attached hydrogen (secondary N) is 3. The molecule has 2 heterocycles. The second-order valence-electron chi connectivity index (χ2n) is 5.39. The molecule has 124 valence electrons. The summed E-state index contributed by atoms with van der Waals surface area (Å²) in [5.74, 6) is 0.515. The van der Waals surface area contributed by atoms with Gasteiger partial charge in [-0.15, -0.1) is 0 Å². The number of fused-ring (bicyclic) bond motifs is 1. The molecule has 0 bridgehead atoms. The van der Waals surface area contributed by atoms with Crippen molar-refractivity contribution in [2.45, 2.75) is 0 Å². The number of aromatic hydroxyl groups is 1. The molecule has 0 atom stereocenters. The van der Waals surface area contributed by atoms with Gasteiger partial charge in [0.2, 0.25) is 0 Å². The van der Waals surface area contributed by atoms with Crippen LogP contribution in [0.4, 0.5) is 5.82 Å². The van der Waals surface area contributed by atoms with Gasteiger partial charge in [-0.05, 0) is 30.3 Å². The van der Waals surface area contributed by atoms with Crippen molar-refractivity contribution < 1.29 is 9.90 Å². The fraction of sp³-hybridized carbons (Fsp3) is 0. The summed E-state index contributed by atoms with van der Waals surface area (Å²) >= 11 is 5.82. The van der Waals surface area contributed by atoms with Crippen LogP contribution in [0.5, 0.6) is 5.75 Å². The molecule has 25 heavy (non-hydrogen) atoms. The molecule has 0 spiro atoms. The zero-order valence-corrected chi connectivity index (χ0v) is 13.5. The maximum Gasteiger partial charge on any atom is 0.256 e. The van der Waals surface area contributed by atoms with Crippen LogP contribution in [0.2, 0.25) is 5.02 Å². The van der Waals surface area contributed by atoms with Gasteiger partial charge in [0.25, 0.3) is 5.91 Å². The van der Waals surface area contributed by atoms with E-state index in [-0.39, 0.29) is 16.7 Å². The number of amides is 1. The van der Waals surface area contributed by atoms with E-state index in [2.05, 4.69) is 25.5 Å². The van der Waals surface area contributed by atoms with Crippen LogP contribution < -0.4 is 5.32 Å². The highest BCUT2D eigenvalue weighted by Crippen LogP contribution is 2.24. The molecule has 0 aliphatic carbocycles. The fourth-order valence-electron chi connectivity index (χ4n) is 2.42. The molecular weight excluding hydrogens is 342 g/mol. The Hall–Kier alpha value is -3.32. The summed E-state index contributed by atoms with van der Waals surface area (Å²) in [6, 6.07) is 13.6. The standard InChI is InChI=1S/C17H12ClN5O2/c18-10-7-9(5-6-14(10)24)17(25)21-15-8-13(22-23-15)16-19-11-3-1-2-4-12(11)20-16/h1-8,24H,(H,19,20)(H2,21,22,23,25). The number of aromatic nitrogens is 4. The minimum atomic E-state index is -0.385. The minimum Gasteiger partial charge on any atom is -0.506 e. The van der Waals surface area contributed by atoms with Crippen LogP contribution >= 0.6 is 11.6 Å². The van der Waals surface area contributed by atoms with Crippen molar-refractivity contribution >= 4 is 34.4 Å². The van der Waals surface area contributed by atoms with E-state index in [0.717, 1.165) is 11.0 Å². The Morgan fingerprint density at radius 2 is 2.00 bits per heavy atom. The Bertz CT molecular complexity index is 1050. The predicted octanol–water partition coefficient (Wildman–Crippen LogP) is 3.56. The molecule has 0 saturated heterocycles. The van der Waals surface area contributed by atoms with E-state index in [1.54, 1.807) is 6.07 Å². The summed E-state index contributed by atoms with van der Waals surface area (Å²) < 4.78 is 0. The zero-order valence-electron chi connectivity index (χ0n) is 12.7. The molecule has 4 rings (SSSR count). The summed E-state index contributed by atoms with van der Waals surface area (Å²) in [6.07, 6.45) is 0. The summed E-state index contributed by atoms with van der Waals surface area (Å²) in [6.45, 7) is 0. The molecule has 2 aromatic carbocycles. The van der Waals surface area contributed by atoms with Crippen molar-refractivity contribution in [3.8, 4) is 17.3 Å². The van der Waals surface area contributed by atoms with Crippen molar-refractivity contribution in [1.29, 1.82) is 0 Å². The minimum absolute atomic E-state index is 0.0786. The molecule has 4 N–H and O–H groups in total. The first-order valence-electron chi connectivity index (χ1n) is 7.40. The second kappa shape index (κ2) is 5.95. The van der Waals surface area contributed by atoms with Crippen LogP contribution in [0, 0.1) is 0 Å². The molecule has 0 unspecified atom stereocenters. The number of hydrogen-bond donors (Lipinski definition) is 4. The Kier molecular flexibility index (Phi) is 3.62. The number of para-hydroxylation sites is 2. The van der Waals surface area contributed by atoms with Crippen LogP contribution in [-0.2, 0) is 0 Å². The van der Waals surface area contributed by atoms with Crippen LogP contribution in [-0.4, -0.2) is 31.2 Å². The van der Waals surface area contributed by atoms with Gasteiger partial charge in [0.15, 0.2) is 11.6 Å². The van der Waals surface area contributed by atoms with Crippen molar-refractivity contribution in [3.63, 3.8) is 0 Å². The van der Waals surface area contributed by atoms with Crippen LogP contribution in [0.25, 0.3) is 22.6 Å². The van der Waals surface area contributed by atoms with E-state index in [1.165, 1.54) is 18.2 Å². The van der Waals surface area contributed by atoms with Gasteiger partial charge in [0.1, 0.15) is 11.4 Å². The number of imidazole rings is 1. The second-order valence-corrected chi connectivity index (χ2v) is 5.80. The van der Waals surface area contributed by atoms with Crippen molar-refractivity contribution in [1.82, 2.24) is 20.2 Å². The van der Waals surface area contributed by atoms with Crippen LogP contribution in [0.15, 0.2) is 48.5 Å². The smallest absolute Gasteiger partial charge is 0.256 e. The highest BCUT2D eigenvalue weighted by molar-refractivity contribution is 6.32. The average Bonchev–Trinajstić information content (AvgIpc) is 3.23. The lowest BCUT2D eigenvalue weighted by atomic mass is 10.2. The predicted molar refractivity (Wildman–Crippen MR) is 94.7 cm³/mol. The number of hydrogen-bond acceptors (Lipinski definition) is 4. The summed E-state index contributed by atoms with van der Waals surface area (Å²) in [7, 11) is 0. The van der Waals surface area contributed by atoms with Crippen LogP contribution in [0.1, 0.15) is 10.4 Å². The van der Waals surface area contributed by atoms with Crippen molar-refractivity contribution in [2.24, 2.45) is 0 Å². The van der Waals surface area contributed by atoms with E-state index in [0.29, 0.717) is 22.9 Å². The van der Waals surface area contributed by atoms with Gasteiger partial charge < -0.3 is 15.4 Å². The maximum atomic E-state index is 12.2. The zero-order chi connectivity index (χ0) is 17.4. The third-order valence-corrected chi connectivity index (χ3v) is 3.98. The number of phenols is 1. The summed E-state index contributed by atoms with van der Waals surface area (Å²) in [5, 5.41) is 19.1. The first-order chi connectivity index (χ1) is 12.1. The van der Waals surface area contributed by atoms with Crippen molar-refractivity contribution in [3.05, 3.63) is 59.1 Å². The fourth-order valence-corrected chi connectivity index (χ4v) is 2.60. The maximum absolute atomic E-state index is 12.2. The van der Waals surface area contributed by atoms with E-state index in [1.807, 2.05) is 24.3 Å². The summed E-state index contributed by atoms with van der Waals surface area (Å²) in [5.41, 5.74) is 2.72. The molecule has 0 aliphatic rings. The molecule has 0 fully saturated rings. The third-order valence-electron chi connectivity index (χ3n) is 3.67. The molecular formula is C17H12ClN5O2. The molecule has 8 heteroatoms. The molecule has 2 aromatic heterocycles. The molecule has 0 saturated carbocycles. The first-order valence-corrected chi connectivity index (χ1v) is 7.78. The largest absolute Gasteiger partial charge is 0.506 e. The molecule has 1 amide bonds. The lowest BCUT2D eigenvalue weighted by Gasteiger charge is -2.03. The van der Waals surface area contributed by atoms with Gasteiger partial charge in [-0.25, -0.2) is 4.98 Å². The van der Waals surface area contributed by atoms with Gasteiger partial charge in [-0.2, -0.15) is 5.10 Å². The Morgan fingerprint density at radius 1 is 1.16 bits per heavy atom. The normalized spacial score (nSPS) is 10.9. The van der Waals surface area contributed by atoms with Crippen molar-refractivity contribution in [2.75, 3.05) is 5.32 Å². The lowest BCUT2D eigenvalue weighted by Crippen LogP contribution is -2.12. The Labute approximate surface area is 146 Å². The van der Waals surface area contributed by atoms with Gasteiger partial charge >= 0.3 is 0 Å². The molecule has 4 aromatic rings. The number of benzene rings is 2. The number of anilines is 1. The lowest BCUT2D eigenvalue weighted by molar-refractivity contribution is 0.102. The molecule has 7 nitrogen and oxygen atoms in total. The number of nitrogens with zero attached hydrogens (tertiary/aromatic N) is 2. The van der Waals surface area contributed by atoms with Gasteiger partial charge in [-0.1, -0.05) is 23.7 Å². The number of carbonyl (C=O) groups excluding carboxylic acids is 1. The highest BCUT2D eigenvalue weighted by Gasteiger charge is 2.13. The topological polar surface area (TPSA) is 107 Å². The summed E-state index contributed by atoms with van der Waals surface area (Å²) in [4.78, 5) is 19.9. The Morgan fingerprint density at radius 3 is 2.80 bits per heavy atom. The molecule has 0 radical (unpaired) electrons. The van der Waals surface area contributed by atoms with E-state index >= 15 is 0 Å². The monoisotopic (exact) mass is 353 g/mol. The van der Waals surface area contributed by atoms with E-state index in [4.69, 9.17) is 11.6 Å². The number of aromatic amines is 2. The quantitative estimate of drug-likeness (QED) is 0.451. The van der Waals surface area contributed by atoms with E-state index in [9.17, 15) is 9.90 Å². The first kappa shape index (κ1) is 15.2. The Balaban J connectivity index is 1.56. The molecule has 0 aliphatic heterocycles. The van der Waals surface area contributed by atoms with Gasteiger partial charge in [0, 0.05) is 11.6 Å². The number of rotatable bonds is 3. The number of carbonyl (C=O) groups is 1. The van der Waals surface area contributed by atoms with Gasteiger partial charge in [-0.3, -0.25) is 9.89 Å². The average molecular weight is 354 g/mol. The third kappa shape index (κ3) is 2.92. The van der Waals surface area contributed by atoms with Gasteiger partial charge in [0.05, 0.1) is 16.1 Å². The SMILES string of the molecule is O=C(Nc1cc(-c2nc3ccccc3[nH]2)[nH]n1)c1ccc(O)c(Cl)c1. The number of H-pyrrole nitrogens is 2. The van der Waals surface area contributed by atoms with Crippen LogP contribution in [0.3, 0.4) is 0 Å².